The number of ether oxygens (including phenoxy) is 1. The van der Waals surface area contributed by atoms with E-state index in [4.69, 9.17) is 4.74 Å². The van der Waals surface area contributed by atoms with Crippen LogP contribution in [0, 0.1) is 5.92 Å². The van der Waals surface area contributed by atoms with Gasteiger partial charge in [0.2, 0.25) is 5.91 Å². The van der Waals surface area contributed by atoms with Gasteiger partial charge < -0.3 is 15.4 Å². The van der Waals surface area contributed by atoms with Crippen molar-refractivity contribution >= 4 is 11.7 Å². The van der Waals surface area contributed by atoms with E-state index in [1.807, 2.05) is 30.5 Å². The number of amides is 1. The predicted molar refractivity (Wildman–Crippen MR) is 131 cm³/mol. The number of methoxy groups -OCH3 is 1. The number of aromatic nitrogens is 2. The molecule has 6 nitrogen and oxygen atoms in total. The standard InChI is InChI=1S/C27H34N4O2/c1-5-19-6-10-21(11-7-19)24-15-25(18(2)3)31-27(30-24)22(17-29-31)14-26(32)28-16-20-8-12-23(33-4)13-9-20/h6-13,17-18,24-25,30H,5,14-16H2,1-4H3,(H,28,32)/t24-,25+/m1/s1. The zero-order valence-electron chi connectivity index (χ0n) is 20.0. The average Bonchev–Trinajstić information content (AvgIpc) is 3.24. The molecule has 1 aliphatic heterocycles. The number of nitrogens with one attached hydrogen (secondary N) is 2. The minimum Gasteiger partial charge on any atom is -0.497 e. The van der Waals surface area contributed by atoms with Crippen LogP contribution in [0.25, 0.3) is 0 Å². The summed E-state index contributed by atoms with van der Waals surface area (Å²) in [6.07, 6.45) is 4.15. The number of anilines is 1. The minimum atomic E-state index is -0.0149. The van der Waals surface area contributed by atoms with Crippen molar-refractivity contribution in [3.63, 3.8) is 0 Å². The predicted octanol–water partition coefficient (Wildman–Crippen LogP) is 5.07. The molecule has 2 heterocycles. The summed E-state index contributed by atoms with van der Waals surface area (Å²) in [5.41, 5.74) is 4.59. The first kappa shape index (κ1) is 22.9. The zero-order valence-corrected chi connectivity index (χ0v) is 20.0. The molecular formula is C27H34N4O2. The Bertz CT molecular complexity index is 1070. The fourth-order valence-electron chi connectivity index (χ4n) is 4.44. The molecule has 174 valence electrons. The Morgan fingerprint density at radius 3 is 2.48 bits per heavy atom. The highest BCUT2D eigenvalue weighted by Crippen LogP contribution is 2.40. The van der Waals surface area contributed by atoms with E-state index >= 15 is 0 Å². The Morgan fingerprint density at radius 2 is 1.85 bits per heavy atom. The van der Waals surface area contributed by atoms with Gasteiger partial charge in [-0.05, 0) is 47.6 Å². The molecule has 1 amide bonds. The maximum atomic E-state index is 12.7. The summed E-state index contributed by atoms with van der Waals surface area (Å²) in [6, 6.07) is 17.1. The smallest absolute Gasteiger partial charge is 0.224 e. The van der Waals surface area contributed by atoms with Crippen LogP contribution >= 0.6 is 0 Å². The molecule has 0 radical (unpaired) electrons. The van der Waals surface area contributed by atoms with Crippen LogP contribution in [0.4, 0.5) is 5.82 Å². The largest absolute Gasteiger partial charge is 0.497 e. The fraction of sp³-hybridized carbons (Fsp3) is 0.407. The maximum Gasteiger partial charge on any atom is 0.224 e. The van der Waals surface area contributed by atoms with Crippen LogP contribution in [-0.2, 0) is 24.2 Å². The Balaban J connectivity index is 1.47. The van der Waals surface area contributed by atoms with Gasteiger partial charge in [0.15, 0.2) is 0 Å². The van der Waals surface area contributed by atoms with Crippen LogP contribution in [0.5, 0.6) is 5.75 Å². The lowest BCUT2D eigenvalue weighted by Gasteiger charge is -2.35. The molecule has 0 fully saturated rings. The van der Waals surface area contributed by atoms with Crippen LogP contribution in [0.15, 0.2) is 54.7 Å². The quantitative estimate of drug-likeness (QED) is 0.507. The molecule has 0 saturated heterocycles. The number of carbonyl (C=O) groups excluding carboxylic acids is 1. The molecule has 2 atom stereocenters. The van der Waals surface area contributed by atoms with Crippen LogP contribution in [0.3, 0.4) is 0 Å². The van der Waals surface area contributed by atoms with E-state index in [9.17, 15) is 4.79 Å². The minimum absolute atomic E-state index is 0.0149. The Hall–Kier alpha value is -3.28. The number of hydrogen-bond donors (Lipinski definition) is 2. The molecule has 33 heavy (non-hydrogen) atoms. The van der Waals surface area contributed by atoms with Crippen molar-refractivity contribution in [3.8, 4) is 5.75 Å². The van der Waals surface area contributed by atoms with Crippen molar-refractivity contribution in [2.45, 2.75) is 58.7 Å². The van der Waals surface area contributed by atoms with Gasteiger partial charge >= 0.3 is 0 Å². The summed E-state index contributed by atoms with van der Waals surface area (Å²) in [5, 5.41) is 11.4. The van der Waals surface area contributed by atoms with Gasteiger partial charge in [0.1, 0.15) is 11.6 Å². The number of benzene rings is 2. The second-order valence-electron chi connectivity index (χ2n) is 9.10. The summed E-state index contributed by atoms with van der Waals surface area (Å²) < 4.78 is 7.27. The topological polar surface area (TPSA) is 68.2 Å². The van der Waals surface area contributed by atoms with Gasteiger partial charge in [0.25, 0.3) is 0 Å². The van der Waals surface area contributed by atoms with Crippen LogP contribution < -0.4 is 15.4 Å². The first-order valence-electron chi connectivity index (χ1n) is 11.8. The van der Waals surface area contributed by atoms with E-state index in [0.29, 0.717) is 18.9 Å². The first-order chi connectivity index (χ1) is 16.0. The highest BCUT2D eigenvalue weighted by molar-refractivity contribution is 5.80. The van der Waals surface area contributed by atoms with Crippen molar-refractivity contribution in [2.24, 2.45) is 5.92 Å². The van der Waals surface area contributed by atoms with E-state index in [1.54, 1.807) is 7.11 Å². The summed E-state index contributed by atoms with van der Waals surface area (Å²) >= 11 is 0. The average molecular weight is 447 g/mol. The molecule has 4 rings (SSSR count). The molecule has 3 aromatic rings. The third-order valence-electron chi connectivity index (χ3n) is 6.53. The number of hydrogen-bond acceptors (Lipinski definition) is 4. The second-order valence-corrected chi connectivity index (χ2v) is 9.10. The Kier molecular flexibility index (Phi) is 7.02. The van der Waals surface area contributed by atoms with Gasteiger partial charge in [-0.1, -0.05) is 57.2 Å². The normalized spacial score (nSPS) is 17.4. The van der Waals surface area contributed by atoms with Crippen molar-refractivity contribution in [1.82, 2.24) is 15.1 Å². The summed E-state index contributed by atoms with van der Waals surface area (Å²) in [7, 11) is 1.64. The number of aryl methyl sites for hydroxylation is 1. The molecule has 0 bridgehead atoms. The van der Waals surface area contributed by atoms with Crippen LogP contribution in [-0.4, -0.2) is 22.8 Å². The first-order valence-corrected chi connectivity index (χ1v) is 11.8. The molecule has 0 unspecified atom stereocenters. The van der Waals surface area contributed by atoms with Crippen LogP contribution in [0.1, 0.15) is 61.5 Å². The molecule has 1 aromatic heterocycles. The summed E-state index contributed by atoms with van der Waals surface area (Å²) in [4.78, 5) is 12.7. The van der Waals surface area contributed by atoms with Crippen molar-refractivity contribution < 1.29 is 9.53 Å². The lowest BCUT2D eigenvalue weighted by molar-refractivity contribution is -0.120. The Morgan fingerprint density at radius 1 is 1.15 bits per heavy atom. The van der Waals surface area contributed by atoms with Gasteiger partial charge in [0.05, 0.1) is 31.8 Å². The van der Waals surface area contributed by atoms with Gasteiger partial charge in [-0.15, -0.1) is 0 Å². The third-order valence-corrected chi connectivity index (χ3v) is 6.53. The second kappa shape index (κ2) is 10.1. The van der Waals surface area contributed by atoms with Crippen molar-refractivity contribution in [1.29, 1.82) is 0 Å². The lowest BCUT2D eigenvalue weighted by atomic mass is 9.90. The van der Waals surface area contributed by atoms with E-state index in [-0.39, 0.29) is 18.0 Å². The summed E-state index contributed by atoms with van der Waals surface area (Å²) in [6.45, 7) is 7.13. The Labute approximate surface area is 196 Å². The highest BCUT2D eigenvalue weighted by atomic mass is 16.5. The molecule has 2 N–H and O–H groups in total. The van der Waals surface area contributed by atoms with E-state index in [1.165, 1.54) is 11.1 Å². The van der Waals surface area contributed by atoms with Gasteiger partial charge in [-0.3, -0.25) is 4.79 Å². The van der Waals surface area contributed by atoms with Gasteiger partial charge in [0, 0.05) is 12.1 Å². The van der Waals surface area contributed by atoms with Gasteiger partial charge in [-0.2, -0.15) is 5.10 Å². The molecule has 0 aliphatic carbocycles. The molecule has 6 heteroatoms. The number of carbonyl (C=O) groups is 1. The monoisotopic (exact) mass is 446 g/mol. The fourth-order valence-corrected chi connectivity index (χ4v) is 4.44. The molecule has 0 saturated carbocycles. The molecular weight excluding hydrogens is 412 g/mol. The molecule has 2 aromatic carbocycles. The molecule has 0 spiro atoms. The van der Waals surface area contributed by atoms with Crippen molar-refractivity contribution in [3.05, 3.63) is 77.0 Å². The van der Waals surface area contributed by atoms with Crippen LogP contribution in [0.2, 0.25) is 0 Å². The zero-order chi connectivity index (χ0) is 23.4. The maximum absolute atomic E-state index is 12.7. The number of fused-ring (bicyclic) bond motifs is 1. The lowest BCUT2D eigenvalue weighted by Crippen LogP contribution is -2.31. The van der Waals surface area contributed by atoms with E-state index in [2.05, 4.69) is 65.5 Å². The highest BCUT2D eigenvalue weighted by Gasteiger charge is 2.32. The number of nitrogens with zero attached hydrogens (tertiary/aromatic N) is 2. The third kappa shape index (κ3) is 5.21. The summed E-state index contributed by atoms with van der Waals surface area (Å²) in [5.74, 6) is 2.20. The molecule has 1 aliphatic rings. The number of rotatable bonds is 8. The van der Waals surface area contributed by atoms with E-state index < -0.39 is 0 Å². The van der Waals surface area contributed by atoms with Gasteiger partial charge in [-0.25, -0.2) is 4.68 Å². The van der Waals surface area contributed by atoms with Crippen molar-refractivity contribution in [2.75, 3.05) is 12.4 Å². The SMILES string of the molecule is CCc1ccc([C@H]2C[C@@H](C(C)C)n3ncc(CC(=O)NCc4ccc(OC)cc4)c3N2)cc1. The van der Waals surface area contributed by atoms with E-state index in [0.717, 1.165) is 35.5 Å².